The summed E-state index contributed by atoms with van der Waals surface area (Å²) in [4.78, 5) is 0. The van der Waals surface area contributed by atoms with Gasteiger partial charge in [0, 0.05) is 24.2 Å². The minimum atomic E-state index is 0.697. The van der Waals surface area contributed by atoms with Crippen molar-refractivity contribution in [3.63, 3.8) is 0 Å². The van der Waals surface area contributed by atoms with Crippen LogP contribution in [0.25, 0.3) is 0 Å². The Bertz CT molecular complexity index is 508. The predicted octanol–water partition coefficient (Wildman–Crippen LogP) is 3.23. The average Bonchev–Trinajstić information content (AvgIpc) is 2.70. The maximum Gasteiger partial charge on any atom is 0.133 e. The molecule has 0 saturated carbocycles. The van der Waals surface area contributed by atoms with Gasteiger partial charge in [0.05, 0.1) is 5.69 Å². The van der Waals surface area contributed by atoms with E-state index in [0.29, 0.717) is 6.54 Å². The number of rotatable bonds is 4. The van der Waals surface area contributed by atoms with Gasteiger partial charge in [0.25, 0.3) is 0 Å². The second-order valence-corrected chi connectivity index (χ2v) is 4.52. The van der Waals surface area contributed by atoms with Crippen molar-refractivity contribution in [3.05, 3.63) is 51.9 Å². The minimum absolute atomic E-state index is 0.697. The van der Waals surface area contributed by atoms with E-state index in [1.807, 2.05) is 32.0 Å². The Morgan fingerprint density at radius 1 is 1.24 bits per heavy atom. The molecule has 0 aliphatic heterocycles. The Morgan fingerprint density at radius 3 is 2.71 bits per heavy atom. The fourth-order valence-corrected chi connectivity index (χ4v) is 1.79. The first-order chi connectivity index (χ1) is 8.15. The number of nitrogens with zero attached hydrogens (tertiary/aromatic N) is 1. The van der Waals surface area contributed by atoms with Crippen LogP contribution in [0.2, 0.25) is 5.02 Å². The third kappa shape index (κ3) is 3.32. The minimum Gasteiger partial charge on any atom is -0.361 e. The van der Waals surface area contributed by atoms with Gasteiger partial charge in [0.1, 0.15) is 5.76 Å². The van der Waals surface area contributed by atoms with Gasteiger partial charge in [0.15, 0.2) is 0 Å². The summed E-state index contributed by atoms with van der Waals surface area (Å²) in [5.74, 6) is 0.834. The molecular formula is C13H15ClN2O. The SMILES string of the molecule is Cc1cc(CNCc2ccc(C)c(Cl)c2)no1. The highest BCUT2D eigenvalue weighted by Crippen LogP contribution is 2.16. The molecule has 0 spiro atoms. The van der Waals surface area contributed by atoms with Gasteiger partial charge in [0.2, 0.25) is 0 Å². The van der Waals surface area contributed by atoms with E-state index in [0.717, 1.165) is 28.6 Å². The van der Waals surface area contributed by atoms with Crippen molar-refractivity contribution in [1.29, 1.82) is 0 Å². The normalized spacial score (nSPS) is 10.8. The van der Waals surface area contributed by atoms with Gasteiger partial charge in [-0.3, -0.25) is 0 Å². The van der Waals surface area contributed by atoms with Crippen LogP contribution in [-0.4, -0.2) is 5.16 Å². The quantitative estimate of drug-likeness (QED) is 0.905. The number of halogens is 1. The van der Waals surface area contributed by atoms with Gasteiger partial charge in [-0.05, 0) is 31.0 Å². The molecule has 0 saturated heterocycles. The summed E-state index contributed by atoms with van der Waals surface area (Å²) in [6.45, 7) is 5.35. The molecule has 0 unspecified atom stereocenters. The molecule has 0 fully saturated rings. The third-order valence-electron chi connectivity index (χ3n) is 2.55. The van der Waals surface area contributed by atoms with E-state index in [-0.39, 0.29) is 0 Å². The molecule has 90 valence electrons. The standard InChI is InChI=1S/C13H15ClN2O/c1-9-3-4-11(6-13(9)14)7-15-8-12-5-10(2)17-16-12/h3-6,15H,7-8H2,1-2H3. The van der Waals surface area contributed by atoms with Crippen LogP contribution in [0.5, 0.6) is 0 Å². The number of benzene rings is 1. The first-order valence-corrected chi connectivity index (χ1v) is 5.91. The number of hydrogen-bond donors (Lipinski definition) is 1. The molecule has 1 aromatic carbocycles. The molecule has 0 bridgehead atoms. The topological polar surface area (TPSA) is 38.1 Å². The summed E-state index contributed by atoms with van der Waals surface area (Å²) < 4.78 is 4.99. The molecule has 2 rings (SSSR count). The van der Waals surface area contributed by atoms with Gasteiger partial charge in [-0.15, -0.1) is 0 Å². The number of nitrogens with one attached hydrogen (secondary N) is 1. The van der Waals surface area contributed by atoms with Crippen molar-refractivity contribution in [2.24, 2.45) is 0 Å². The summed E-state index contributed by atoms with van der Waals surface area (Å²) in [7, 11) is 0. The first-order valence-electron chi connectivity index (χ1n) is 5.53. The molecule has 0 aliphatic carbocycles. The Morgan fingerprint density at radius 2 is 2.06 bits per heavy atom. The number of aromatic nitrogens is 1. The lowest BCUT2D eigenvalue weighted by Gasteiger charge is -2.04. The highest BCUT2D eigenvalue weighted by atomic mass is 35.5. The molecule has 17 heavy (non-hydrogen) atoms. The van der Waals surface area contributed by atoms with Crippen molar-refractivity contribution in [1.82, 2.24) is 10.5 Å². The summed E-state index contributed by atoms with van der Waals surface area (Å²) in [6, 6.07) is 8.01. The highest BCUT2D eigenvalue weighted by Gasteiger charge is 2.01. The van der Waals surface area contributed by atoms with Crippen molar-refractivity contribution >= 4 is 11.6 Å². The van der Waals surface area contributed by atoms with Crippen LogP contribution in [0, 0.1) is 13.8 Å². The summed E-state index contributed by atoms with van der Waals surface area (Å²) in [6.07, 6.45) is 0. The highest BCUT2D eigenvalue weighted by molar-refractivity contribution is 6.31. The Balaban J connectivity index is 1.87. The van der Waals surface area contributed by atoms with Crippen molar-refractivity contribution < 1.29 is 4.52 Å². The Labute approximate surface area is 106 Å². The zero-order valence-corrected chi connectivity index (χ0v) is 10.7. The zero-order valence-electron chi connectivity index (χ0n) is 9.96. The van der Waals surface area contributed by atoms with E-state index in [1.54, 1.807) is 0 Å². The monoisotopic (exact) mass is 250 g/mol. The second-order valence-electron chi connectivity index (χ2n) is 4.12. The molecular weight excluding hydrogens is 236 g/mol. The van der Waals surface area contributed by atoms with Crippen molar-refractivity contribution in [2.75, 3.05) is 0 Å². The lowest BCUT2D eigenvalue weighted by molar-refractivity contribution is 0.388. The molecule has 3 nitrogen and oxygen atoms in total. The number of aryl methyl sites for hydroxylation is 2. The molecule has 2 aromatic rings. The van der Waals surface area contributed by atoms with Crippen LogP contribution in [0.15, 0.2) is 28.8 Å². The third-order valence-corrected chi connectivity index (χ3v) is 2.96. The van der Waals surface area contributed by atoms with Gasteiger partial charge < -0.3 is 9.84 Å². The van der Waals surface area contributed by atoms with Crippen LogP contribution in [0.4, 0.5) is 0 Å². The van der Waals surface area contributed by atoms with E-state index in [1.165, 1.54) is 5.56 Å². The zero-order chi connectivity index (χ0) is 12.3. The van der Waals surface area contributed by atoms with E-state index < -0.39 is 0 Å². The smallest absolute Gasteiger partial charge is 0.133 e. The molecule has 1 heterocycles. The second kappa shape index (κ2) is 5.34. The fraction of sp³-hybridized carbons (Fsp3) is 0.308. The molecule has 0 atom stereocenters. The largest absolute Gasteiger partial charge is 0.361 e. The van der Waals surface area contributed by atoms with E-state index >= 15 is 0 Å². The lowest BCUT2D eigenvalue weighted by atomic mass is 10.1. The number of hydrogen-bond acceptors (Lipinski definition) is 3. The van der Waals surface area contributed by atoms with Crippen molar-refractivity contribution in [3.8, 4) is 0 Å². The predicted molar refractivity (Wildman–Crippen MR) is 68.0 cm³/mol. The van der Waals surface area contributed by atoms with E-state index in [4.69, 9.17) is 16.1 Å². The van der Waals surface area contributed by atoms with Crippen molar-refractivity contribution in [2.45, 2.75) is 26.9 Å². The Kier molecular flexibility index (Phi) is 3.82. The summed E-state index contributed by atoms with van der Waals surface area (Å²) >= 11 is 6.06. The molecule has 1 aromatic heterocycles. The Hall–Kier alpha value is -1.32. The van der Waals surface area contributed by atoms with Crippen LogP contribution in [0.1, 0.15) is 22.6 Å². The average molecular weight is 251 g/mol. The molecule has 0 radical (unpaired) electrons. The van der Waals surface area contributed by atoms with E-state index in [9.17, 15) is 0 Å². The fourth-order valence-electron chi connectivity index (χ4n) is 1.58. The van der Waals surface area contributed by atoms with Gasteiger partial charge >= 0.3 is 0 Å². The van der Waals surface area contributed by atoms with Crippen LogP contribution in [-0.2, 0) is 13.1 Å². The van der Waals surface area contributed by atoms with Gasteiger partial charge in [-0.2, -0.15) is 0 Å². The van der Waals surface area contributed by atoms with Gasteiger partial charge in [-0.25, -0.2) is 0 Å². The van der Waals surface area contributed by atoms with Gasteiger partial charge in [-0.1, -0.05) is 28.9 Å². The van der Waals surface area contributed by atoms with Crippen LogP contribution in [0.3, 0.4) is 0 Å². The summed E-state index contributed by atoms with van der Waals surface area (Å²) in [5.41, 5.74) is 3.18. The molecule has 0 aliphatic rings. The first kappa shape index (κ1) is 12.1. The lowest BCUT2D eigenvalue weighted by Crippen LogP contribution is -2.12. The van der Waals surface area contributed by atoms with E-state index in [2.05, 4.69) is 16.5 Å². The summed E-state index contributed by atoms with van der Waals surface area (Å²) in [5, 5.41) is 8.02. The van der Waals surface area contributed by atoms with Crippen LogP contribution >= 0.6 is 11.6 Å². The van der Waals surface area contributed by atoms with Crippen LogP contribution < -0.4 is 5.32 Å². The maximum absolute atomic E-state index is 6.06. The maximum atomic E-state index is 6.06. The molecule has 0 amide bonds. The molecule has 1 N–H and O–H groups in total. The molecule has 4 heteroatoms.